The van der Waals surface area contributed by atoms with Gasteiger partial charge in [-0.3, -0.25) is 0 Å². The van der Waals surface area contributed by atoms with Gasteiger partial charge in [-0.05, 0) is 68.8 Å². The van der Waals surface area contributed by atoms with Crippen LogP contribution in [0.5, 0.6) is 11.5 Å². The third kappa shape index (κ3) is 14.9. The lowest BCUT2D eigenvalue weighted by Crippen LogP contribution is -2.49. The number of rotatable bonds is 29. The first kappa shape index (κ1) is 54.8. The van der Waals surface area contributed by atoms with Gasteiger partial charge in [0, 0.05) is 0 Å². The van der Waals surface area contributed by atoms with E-state index in [4.69, 9.17) is 47.4 Å². The van der Waals surface area contributed by atoms with Gasteiger partial charge in [-0.15, -0.1) is 0 Å². The Morgan fingerprint density at radius 3 is 1.27 bits per heavy atom. The van der Waals surface area contributed by atoms with Crippen LogP contribution in [0.4, 0.5) is 0 Å². The van der Waals surface area contributed by atoms with Gasteiger partial charge in [0.15, 0.2) is 6.29 Å². The van der Waals surface area contributed by atoms with Crippen LogP contribution in [-0.4, -0.2) is 82.1 Å². The molecule has 1 saturated heterocycles. The van der Waals surface area contributed by atoms with Crippen LogP contribution in [0.2, 0.25) is 0 Å². The van der Waals surface area contributed by atoms with Gasteiger partial charge in [-0.2, -0.15) is 0 Å². The number of aliphatic hydroxyl groups is 1. The van der Waals surface area contributed by atoms with Gasteiger partial charge < -0.3 is 52.5 Å². The van der Waals surface area contributed by atoms with Gasteiger partial charge in [-0.1, -0.05) is 206 Å². The molecule has 0 saturated carbocycles. The second kappa shape index (κ2) is 28.4. The van der Waals surface area contributed by atoms with Gasteiger partial charge in [0.1, 0.15) is 53.7 Å². The zero-order valence-electron chi connectivity index (χ0n) is 43.7. The minimum absolute atomic E-state index is 0.00667. The number of hydrogen-bond donors (Lipinski definition) is 1. The third-order valence-electron chi connectivity index (χ3n) is 13.7. The van der Waals surface area contributed by atoms with Crippen molar-refractivity contribution >= 4 is 0 Å². The van der Waals surface area contributed by atoms with Crippen molar-refractivity contribution in [1.29, 1.82) is 0 Å². The molecule has 77 heavy (non-hydrogen) atoms. The van der Waals surface area contributed by atoms with E-state index in [0.29, 0.717) is 18.1 Å². The molecule has 0 aliphatic carbocycles. The second-order valence-electron chi connectivity index (χ2n) is 18.9. The van der Waals surface area contributed by atoms with Crippen molar-refractivity contribution in [3.63, 3.8) is 0 Å². The number of aliphatic hydroxyl groups excluding tert-OH is 1. The Morgan fingerprint density at radius 1 is 0.429 bits per heavy atom. The number of ether oxygens (including phenoxy) is 10. The summed E-state index contributed by atoms with van der Waals surface area (Å²) in [5.74, 6) is 1.42. The molecular weight excluding hydrogens is 969 g/mol. The maximum absolute atomic E-state index is 12.0. The summed E-state index contributed by atoms with van der Waals surface area (Å²) >= 11 is 0. The molecule has 7 atom stereocenters. The van der Waals surface area contributed by atoms with Crippen molar-refractivity contribution in [1.82, 2.24) is 0 Å². The maximum Gasteiger partial charge on any atom is 0.187 e. The highest BCUT2D eigenvalue weighted by atomic mass is 16.7. The molecule has 1 N–H and O–H groups in total. The summed E-state index contributed by atoms with van der Waals surface area (Å²) in [5.41, 5.74) is 6.23. The van der Waals surface area contributed by atoms with E-state index in [-0.39, 0.29) is 46.2 Å². The Labute approximate surface area is 452 Å². The molecule has 8 aromatic rings. The first-order valence-corrected chi connectivity index (χ1v) is 26.2. The van der Waals surface area contributed by atoms with Gasteiger partial charge in [0.2, 0.25) is 0 Å². The van der Waals surface area contributed by atoms with E-state index in [9.17, 15) is 5.11 Å². The molecule has 1 fully saturated rings. The van der Waals surface area contributed by atoms with Crippen molar-refractivity contribution in [2.75, 3.05) is 34.0 Å². The highest BCUT2D eigenvalue weighted by Crippen LogP contribution is 2.42. The van der Waals surface area contributed by atoms with Crippen LogP contribution in [0.1, 0.15) is 44.5 Å². The zero-order chi connectivity index (χ0) is 52.9. The van der Waals surface area contributed by atoms with E-state index < -0.39 is 48.5 Å². The van der Waals surface area contributed by atoms with Crippen LogP contribution < -0.4 is 9.47 Å². The molecule has 1 heterocycles. The zero-order valence-corrected chi connectivity index (χ0v) is 43.7. The molecule has 1 aliphatic heterocycles. The van der Waals surface area contributed by atoms with Gasteiger partial charge in [0.25, 0.3) is 0 Å². The molecule has 11 nitrogen and oxygen atoms in total. The van der Waals surface area contributed by atoms with E-state index in [2.05, 4.69) is 12.1 Å². The summed E-state index contributed by atoms with van der Waals surface area (Å²) in [4.78, 5) is 0. The SMILES string of the molecule is COc1ccc(C(OC[C@@H](OCc2ccccc2)[C@@H](OCc2ccccc2)[C@H](CO[C@@H]2O[C@H](COCc3ccccc3)[C@@H](O)[C@H]2OCc2ccccc2)OCc2ccccc2)(c2ccccc2)c2ccc(OC)cc2)cc1. The number of hydrogen-bond acceptors (Lipinski definition) is 11. The Balaban J connectivity index is 1.09. The molecule has 0 amide bonds. The topological polar surface area (TPSA) is 113 Å². The van der Waals surface area contributed by atoms with Crippen LogP contribution >= 0.6 is 0 Å². The Morgan fingerprint density at radius 2 is 0.818 bits per heavy atom. The highest BCUT2D eigenvalue weighted by Gasteiger charge is 2.47. The van der Waals surface area contributed by atoms with Gasteiger partial charge >= 0.3 is 0 Å². The predicted molar refractivity (Wildman–Crippen MR) is 295 cm³/mol. The largest absolute Gasteiger partial charge is 0.497 e. The Bertz CT molecular complexity index is 2830. The van der Waals surface area contributed by atoms with Crippen LogP contribution in [0.15, 0.2) is 231 Å². The van der Waals surface area contributed by atoms with Crippen LogP contribution in [0.25, 0.3) is 0 Å². The molecular formula is C66H68O11. The van der Waals surface area contributed by atoms with Crippen molar-refractivity contribution in [3.05, 3.63) is 275 Å². The Kier molecular flexibility index (Phi) is 20.2. The van der Waals surface area contributed by atoms with Crippen LogP contribution in [-0.2, 0) is 76.5 Å². The third-order valence-corrected chi connectivity index (χ3v) is 13.7. The van der Waals surface area contributed by atoms with E-state index in [1.165, 1.54) is 0 Å². The minimum Gasteiger partial charge on any atom is -0.497 e. The molecule has 11 heteroatoms. The molecule has 8 aromatic carbocycles. The average Bonchev–Trinajstić information content (AvgIpc) is 3.81. The molecule has 0 spiro atoms. The van der Waals surface area contributed by atoms with Crippen molar-refractivity contribution in [3.8, 4) is 11.5 Å². The molecule has 0 unspecified atom stereocenters. The van der Waals surface area contributed by atoms with Gasteiger partial charge in [-0.25, -0.2) is 0 Å². The predicted octanol–water partition coefficient (Wildman–Crippen LogP) is 11.7. The molecule has 0 aromatic heterocycles. The number of benzene rings is 8. The fraction of sp³-hybridized carbons (Fsp3) is 0.273. The van der Waals surface area contributed by atoms with Crippen LogP contribution in [0.3, 0.4) is 0 Å². The molecule has 9 rings (SSSR count). The Hall–Kier alpha value is -7.00. The fourth-order valence-electron chi connectivity index (χ4n) is 9.51. The first-order chi connectivity index (χ1) is 38.0. The van der Waals surface area contributed by atoms with E-state index in [1.54, 1.807) is 14.2 Å². The fourth-order valence-corrected chi connectivity index (χ4v) is 9.51. The summed E-state index contributed by atoms with van der Waals surface area (Å²) in [5, 5.41) is 12.0. The lowest BCUT2D eigenvalue weighted by molar-refractivity contribution is -0.226. The smallest absolute Gasteiger partial charge is 0.187 e. The summed E-state index contributed by atoms with van der Waals surface area (Å²) in [7, 11) is 3.31. The van der Waals surface area contributed by atoms with Crippen molar-refractivity contribution in [2.24, 2.45) is 0 Å². The monoisotopic (exact) mass is 1040 g/mol. The van der Waals surface area contributed by atoms with E-state index in [1.807, 2.05) is 218 Å². The van der Waals surface area contributed by atoms with Crippen LogP contribution in [0, 0.1) is 0 Å². The lowest BCUT2D eigenvalue weighted by atomic mass is 9.80. The summed E-state index contributed by atoms with van der Waals surface area (Å²) < 4.78 is 66.4. The standard InChI is InChI=1S/C66H68O11/c1-68-57-37-33-55(34-38-57)66(54-31-19-8-20-32-54,56-35-39-58(69-2)40-36-56)76-48-61(72-43-51-25-13-5-14-26-51)63(73-44-52-27-15-6-16-28-52)60(71-42-50-23-11-4-12-24-50)47-75-65-64(74-45-53-29-17-7-18-30-53)62(67)59(77-65)46-70-41-49-21-9-3-10-22-49/h3-40,59-65,67H,41-48H2,1-2H3/t59-,60+,61-,62-,63+,64-,65-/m1/s1. The summed E-state index contributed by atoms with van der Waals surface area (Å²) in [6.07, 6.45) is -6.20. The van der Waals surface area contributed by atoms with E-state index >= 15 is 0 Å². The summed E-state index contributed by atoms with van der Waals surface area (Å²) in [6.45, 7) is 1.29. The lowest BCUT2D eigenvalue weighted by Gasteiger charge is -2.39. The van der Waals surface area contributed by atoms with Crippen molar-refractivity contribution in [2.45, 2.75) is 81.5 Å². The highest BCUT2D eigenvalue weighted by molar-refractivity contribution is 5.50. The molecule has 0 bridgehead atoms. The molecule has 0 radical (unpaired) electrons. The quantitative estimate of drug-likeness (QED) is 0.0452. The molecule has 398 valence electrons. The maximum atomic E-state index is 12.0. The average molecular weight is 1040 g/mol. The van der Waals surface area contributed by atoms with Gasteiger partial charge in [0.05, 0.1) is 67.1 Å². The number of methoxy groups -OCH3 is 2. The van der Waals surface area contributed by atoms with E-state index in [0.717, 1.165) is 44.5 Å². The normalized spacial score (nSPS) is 17.6. The molecule has 1 aliphatic rings. The summed E-state index contributed by atoms with van der Waals surface area (Å²) in [6, 6.07) is 75.8. The van der Waals surface area contributed by atoms with Crippen molar-refractivity contribution < 1.29 is 52.5 Å². The second-order valence-corrected chi connectivity index (χ2v) is 18.9. The minimum atomic E-state index is -1.19. The first-order valence-electron chi connectivity index (χ1n) is 26.2.